The number of benzene rings is 1. The fourth-order valence-electron chi connectivity index (χ4n) is 3.39. The molecule has 0 saturated carbocycles. The Hall–Kier alpha value is -1.62. The number of hydrogen-bond donors (Lipinski definition) is 1. The highest BCUT2D eigenvalue weighted by Gasteiger charge is 2.33. The summed E-state index contributed by atoms with van der Waals surface area (Å²) in [5, 5.41) is 9.74. The number of nitrogens with zero attached hydrogens (tertiary/aromatic N) is 2. The van der Waals surface area contributed by atoms with Gasteiger partial charge in [0.15, 0.2) is 0 Å². The summed E-state index contributed by atoms with van der Waals surface area (Å²) in [6.07, 6.45) is 4.66. The van der Waals surface area contributed by atoms with E-state index >= 15 is 0 Å². The Balaban J connectivity index is 1.69. The maximum atomic E-state index is 13.8. The maximum Gasteiger partial charge on any atom is 0.260 e. The fourth-order valence-corrected chi connectivity index (χ4v) is 3.39. The number of likely N-dealkylation sites (tertiary alicyclic amines) is 2. The van der Waals surface area contributed by atoms with Crippen LogP contribution in [0.25, 0.3) is 0 Å². The van der Waals surface area contributed by atoms with Gasteiger partial charge in [0.05, 0.1) is 0 Å². The molecule has 1 amide bonds. The van der Waals surface area contributed by atoms with E-state index in [1.165, 1.54) is 37.5 Å². The van der Waals surface area contributed by atoms with Gasteiger partial charge < -0.3 is 10.0 Å². The van der Waals surface area contributed by atoms with Gasteiger partial charge in [0, 0.05) is 19.1 Å². The Morgan fingerprint density at radius 1 is 1.19 bits per heavy atom. The maximum absolute atomic E-state index is 13.8. The molecule has 5 heteroatoms. The van der Waals surface area contributed by atoms with Crippen LogP contribution in [0.3, 0.4) is 0 Å². The number of halogens is 1. The second-order valence-electron chi connectivity index (χ2n) is 5.92. The van der Waals surface area contributed by atoms with Crippen molar-refractivity contribution in [3.8, 4) is 5.75 Å². The first-order valence-electron chi connectivity index (χ1n) is 7.67. The van der Waals surface area contributed by atoms with Crippen LogP contribution in [0.5, 0.6) is 5.75 Å². The van der Waals surface area contributed by atoms with Crippen molar-refractivity contribution in [2.45, 2.75) is 31.7 Å². The lowest BCUT2D eigenvalue weighted by atomic mass is 10.1. The molecule has 1 aromatic carbocycles. The molecule has 2 aliphatic rings. The summed E-state index contributed by atoms with van der Waals surface area (Å²) in [5.41, 5.74) is -0.197. The topological polar surface area (TPSA) is 43.8 Å². The minimum absolute atomic E-state index is 0.197. The molecule has 2 fully saturated rings. The average molecular weight is 292 g/mol. The van der Waals surface area contributed by atoms with Gasteiger partial charge in [-0.15, -0.1) is 0 Å². The smallest absolute Gasteiger partial charge is 0.260 e. The Labute approximate surface area is 124 Å². The highest BCUT2D eigenvalue weighted by atomic mass is 19.1. The number of carbonyl (C=O) groups excluding carboxylic acids is 1. The van der Waals surface area contributed by atoms with E-state index in [1.54, 1.807) is 4.90 Å². The van der Waals surface area contributed by atoms with Crippen LogP contribution >= 0.6 is 0 Å². The molecule has 3 rings (SSSR count). The molecule has 0 aliphatic carbocycles. The van der Waals surface area contributed by atoms with Gasteiger partial charge in [0.1, 0.15) is 17.1 Å². The third kappa shape index (κ3) is 2.88. The number of hydrogen-bond acceptors (Lipinski definition) is 3. The highest BCUT2D eigenvalue weighted by molar-refractivity contribution is 5.97. The summed E-state index contributed by atoms with van der Waals surface area (Å²) in [6, 6.07) is 4.35. The molecule has 114 valence electrons. The van der Waals surface area contributed by atoms with E-state index in [9.17, 15) is 14.3 Å². The molecule has 0 spiro atoms. The van der Waals surface area contributed by atoms with Crippen LogP contribution in [0.1, 0.15) is 36.0 Å². The van der Waals surface area contributed by atoms with Gasteiger partial charge in [0.2, 0.25) is 0 Å². The quantitative estimate of drug-likeness (QED) is 0.909. The second-order valence-corrected chi connectivity index (χ2v) is 5.92. The highest BCUT2D eigenvalue weighted by Crippen LogP contribution is 2.26. The molecular formula is C16H21FN2O2. The number of phenolic OH excluding ortho intramolecular Hbond substituents is 1. The lowest BCUT2D eigenvalue weighted by Crippen LogP contribution is -2.41. The summed E-state index contributed by atoms with van der Waals surface area (Å²) < 4.78 is 13.8. The number of carbonyl (C=O) groups is 1. The van der Waals surface area contributed by atoms with Gasteiger partial charge in [-0.2, -0.15) is 0 Å². The lowest BCUT2D eigenvalue weighted by Gasteiger charge is -2.32. The third-order valence-corrected chi connectivity index (χ3v) is 4.56. The summed E-state index contributed by atoms with van der Waals surface area (Å²) in [7, 11) is 0. The van der Waals surface area contributed by atoms with Crippen LogP contribution in [0, 0.1) is 5.82 Å². The SMILES string of the molecule is O=C(c1c(O)cccc1F)N1CCC(N2CCCCC2)C1. The molecule has 1 unspecified atom stereocenters. The minimum Gasteiger partial charge on any atom is -0.507 e. The number of piperidine rings is 1. The molecule has 2 heterocycles. The van der Waals surface area contributed by atoms with Crippen LogP contribution in [0.2, 0.25) is 0 Å². The van der Waals surface area contributed by atoms with Crippen molar-refractivity contribution in [2.24, 2.45) is 0 Å². The van der Waals surface area contributed by atoms with Crippen LogP contribution < -0.4 is 0 Å². The molecule has 1 atom stereocenters. The van der Waals surface area contributed by atoms with E-state index in [1.807, 2.05) is 0 Å². The molecule has 2 saturated heterocycles. The van der Waals surface area contributed by atoms with E-state index in [2.05, 4.69) is 4.90 Å². The van der Waals surface area contributed by atoms with Crippen LogP contribution in [-0.4, -0.2) is 53.0 Å². The van der Waals surface area contributed by atoms with Gasteiger partial charge in [-0.3, -0.25) is 9.69 Å². The second kappa shape index (κ2) is 6.02. The third-order valence-electron chi connectivity index (χ3n) is 4.56. The number of rotatable bonds is 2. The Bertz CT molecular complexity index is 509. The zero-order valence-corrected chi connectivity index (χ0v) is 12.1. The van der Waals surface area contributed by atoms with Crippen molar-refractivity contribution in [1.82, 2.24) is 9.80 Å². The average Bonchev–Trinajstić information content (AvgIpc) is 2.97. The van der Waals surface area contributed by atoms with Gasteiger partial charge in [-0.25, -0.2) is 4.39 Å². The van der Waals surface area contributed by atoms with Crippen molar-refractivity contribution < 1.29 is 14.3 Å². The van der Waals surface area contributed by atoms with Crippen LogP contribution in [-0.2, 0) is 0 Å². The molecule has 0 bridgehead atoms. The Kier molecular flexibility index (Phi) is 4.10. The summed E-state index contributed by atoms with van der Waals surface area (Å²) in [6.45, 7) is 3.45. The lowest BCUT2D eigenvalue weighted by molar-refractivity contribution is 0.0763. The molecule has 21 heavy (non-hydrogen) atoms. The van der Waals surface area contributed by atoms with E-state index in [0.29, 0.717) is 19.1 Å². The largest absolute Gasteiger partial charge is 0.507 e. The summed E-state index contributed by atoms with van der Waals surface area (Å²) in [4.78, 5) is 16.5. The van der Waals surface area contributed by atoms with Crippen molar-refractivity contribution in [3.63, 3.8) is 0 Å². The molecular weight excluding hydrogens is 271 g/mol. The monoisotopic (exact) mass is 292 g/mol. The predicted octanol–water partition coefficient (Wildman–Crippen LogP) is 2.23. The van der Waals surface area contributed by atoms with Crippen molar-refractivity contribution in [3.05, 3.63) is 29.6 Å². The molecule has 4 nitrogen and oxygen atoms in total. The van der Waals surface area contributed by atoms with Crippen molar-refractivity contribution in [2.75, 3.05) is 26.2 Å². The van der Waals surface area contributed by atoms with E-state index in [-0.39, 0.29) is 11.3 Å². The Morgan fingerprint density at radius 2 is 1.95 bits per heavy atom. The van der Waals surface area contributed by atoms with Gasteiger partial charge >= 0.3 is 0 Å². The normalized spacial score (nSPS) is 23.5. The molecule has 0 aromatic heterocycles. The fraction of sp³-hybridized carbons (Fsp3) is 0.562. The van der Waals surface area contributed by atoms with Crippen molar-refractivity contribution >= 4 is 5.91 Å². The number of phenols is 1. The first-order chi connectivity index (χ1) is 10.2. The van der Waals surface area contributed by atoms with E-state index in [4.69, 9.17) is 0 Å². The predicted molar refractivity (Wildman–Crippen MR) is 77.8 cm³/mol. The van der Waals surface area contributed by atoms with Crippen LogP contribution in [0.15, 0.2) is 18.2 Å². The van der Waals surface area contributed by atoms with E-state index < -0.39 is 11.7 Å². The molecule has 2 aliphatic heterocycles. The van der Waals surface area contributed by atoms with Crippen LogP contribution in [0.4, 0.5) is 4.39 Å². The minimum atomic E-state index is -0.651. The summed E-state index contributed by atoms with van der Waals surface area (Å²) in [5.74, 6) is -1.33. The zero-order chi connectivity index (χ0) is 14.8. The first-order valence-corrected chi connectivity index (χ1v) is 7.67. The first kappa shape index (κ1) is 14.3. The molecule has 1 aromatic rings. The molecule has 0 radical (unpaired) electrons. The van der Waals surface area contributed by atoms with Gasteiger partial charge in [-0.05, 0) is 44.5 Å². The van der Waals surface area contributed by atoms with Gasteiger partial charge in [-0.1, -0.05) is 12.5 Å². The number of aromatic hydroxyl groups is 1. The zero-order valence-electron chi connectivity index (χ0n) is 12.1. The van der Waals surface area contributed by atoms with Crippen molar-refractivity contribution in [1.29, 1.82) is 0 Å². The number of amides is 1. The Morgan fingerprint density at radius 3 is 2.67 bits per heavy atom. The standard InChI is InChI=1S/C16H21FN2O2/c17-13-5-4-6-14(20)15(13)16(21)19-10-7-12(11-19)18-8-2-1-3-9-18/h4-6,12,20H,1-3,7-11H2. The van der Waals surface area contributed by atoms with Gasteiger partial charge in [0.25, 0.3) is 5.91 Å². The molecule has 1 N–H and O–H groups in total. The van der Waals surface area contributed by atoms with E-state index in [0.717, 1.165) is 19.5 Å². The summed E-state index contributed by atoms with van der Waals surface area (Å²) >= 11 is 0.